The van der Waals surface area contributed by atoms with Crippen LogP contribution in [0.4, 0.5) is 5.69 Å². The lowest BCUT2D eigenvalue weighted by Crippen LogP contribution is -2.56. The summed E-state index contributed by atoms with van der Waals surface area (Å²) in [6, 6.07) is 7.00. The Morgan fingerprint density at radius 2 is 1.92 bits per heavy atom. The molecule has 1 saturated carbocycles. The van der Waals surface area contributed by atoms with Crippen molar-refractivity contribution in [3.05, 3.63) is 29.3 Å². The molecule has 3 rings (SSSR count). The molecule has 144 valence electrons. The minimum atomic E-state index is -0.278. The van der Waals surface area contributed by atoms with Gasteiger partial charge in [-0.05, 0) is 38.3 Å². The van der Waals surface area contributed by atoms with Crippen LogP contribution in [0, 0.1) is 6.92 Å². The maximum atomic E-state index is 12.2. The van der Waals surface area contributed by atoms with Crippen molar-refractivity contribution in [2.24, 2.45) is 0 Å². The van der Waals surface area contributed by atoms with Crippen molar-refractivity contribution in [1.82, 2.24) is 5.32 Å². The van der Waals surface area contributed by atoms with E-state index in [2.05, 4.69) is 16.3 Å². The number of nitrogens with one attached hydrogen (secondary N) is 1. The van der Waals surface area contributed by atoms with Crippen LogP contribution < -0.4 is 10.2 Å². The van der Waals surface area contributed by atoms with E-state index in [1.165, 1.54) is 39.2 Å². The van der Waals surface area contributed by atoms with Crippen molar-refractivity contribution < 1.29 is 14.3 Å². The first kappa shape index (κ1) is 19.2. The van der Waals surface area contributed by atoms with Crippen molar-refractivity contribution in [3.8, 4) is 0 Å². The predicted molar refractivity (Wildman–Crippen MR) is 104 cm³/mol. The molecule has 0 radical (unpaired) electrons. The molecule has 2 unspecified atom stereocenters. The molecule has 1 N–H and O–H groups in total. The number of esters is 1. The number of aryl methyl sites for hydroxylation is 1. The van der Waals surface area contributed by atoms with E-state index in [1.807, 2.05) is 19.1 Å². The molecule has 1 aromatic rings. The highest BCUT2D eigenvalue weighted by molar-refractivity contribution is 5.96. The van der Waals surface area contributed by atoms with Gasteiger partial charge in [-0.1, -0.05) is 30.9 Å². The molecule has 5 nitrogen and oxygen atoms in total. The third kappa shape index (κ3) is 4.38. The van der Waals surface area contributed by atoms with Crippen molar-refractivity contribution in [3.63, 3.8) is 0 Å². The summed E-state index contributed by atoms with van der Waals surface area (Å²) >= 11 is 0. The van der Waals surface area contributed by atoms with E-state index in [-0.39, 0.29) is 12.1 Å². The summed E-state index contributed by atoms with van der Waals surface area (Å²) in [5, 5.41) is 3.85. The quantitative estimate of drug-likeness (QED) is 0.817. The summed E-state index contributed by atoms with van der Waals surface area (Å²) < 4.78 is 10.8. The van der Waals surface area contributed by atoms with Crippen LogP contribution in [0.25, 0.3) is 0 Å². The van der Waals surface area contributed by atoms with E-state index in [1.54, 1.807) is 7.11 Å². The number of anilines is 1. The zero-order chi connectivity index (χ0) is 18.5. The highest BCUT2D eigenvalue weighted by Gasteiger charge is 2.32. The molecule has 1 aliphatic carbocycles. The summed E-state index contributed by atoms with van der Waals surface area (Å²) in [5.74, 6) is -0.278. The number of carbonyl (C=O) groups is 1. The fourth-order valence-corrected chi connectivity index (χ4v) is 4.34. The second kappa shape index (κ2) is 8.87. The lowest BCUT2D eigenvalue weighted by atomic mass is 9.92. The third-order valence-electron chi connectivity index (χ3n) is 5.81. The summed E-state index contributed by atoms with van der Waals surface area (Å²) in [5.41, 5.74) is 2.65. The van der Waals surface area contributed by atoms with Gasteiger partial charge in [-0.25, -0.2) is 4.79 Å². The van der Waals surface area contributed by atoms with Crippen LogP contribution in [-0.2, 0) is 9.47 Å². The first-order chi connectivity index (χ1) is 12.6. The Morgan fingerprint density at radius 3 is 2.62 bits per heavy atom. The van der Waals surface area contributed by atoms with Gasteiger partial charge in [-0.2, -0.15) is 0 Å². The summed E-state index contributed by atoms with van der Waals surface area (Å²) in [6.45, 7) is 3.69. The van der Waals surface area contributed by atoms with Gasteiger partial charge in [0.25, 0.3) is 0 Å². The van der Waals surface area contributed by atoms with Crippen molar-refractivity contribution in [1.29, 1.82) is 0 Å². The molecule has 1 saturated heterocycles. The number of hydrogen-bond donors (Lipinski definition) is 1. The molecule has 1 aliphatic heterocycles. The molecule has 2 fully saturated rings. The first-order valence-electron chi connectivity index (χ1n) is 9.85. The van der Waals surface area contributed by atoms with E-state index in [0.717, 1.165) is 30.8 Å². The van der Waals surface area contributed by atoms with Gasteiger partial charge in [0.05, 0.1) is 24.5 Å². The SMILES string of the molecule is COC(=O)c1cc(C)ccc1N1CCC(NC2CCCCC2)C(OC)C1. The van der Waals surface area contributed by atoms with Crippen molar-refractivity contribution >= 4 is 11.7 Å². The molecule has 1 heterocycles. The molecule has 0 bridgehead atoms. The standard InChI is InChI=1S/C21H32N2O3/c1-15-9-10-19(17(13-15)21(24)26-3)23-12-11-18(20(14-23)25-2)22-16-7-5-4-6-8-16/h9-10,13,16,18,20,22H,4-8,11-12,14H2,1-3H3. The number of rotatable bonds is 5. The van der Waals surface area contributed by atoms with Crippen LogP contribution in [-0.4, -0.2) is 51.5 Å². The second-order valence-corrected chi connectivity index (χ2v) is 7.63. The van der Waals surface area contributed by atoms with Gasteiger partial charge in [-0.3, -0.25) is 0 Å². The number of ether oxygens (including phenoxy) is 2. The van der Waals surface area contributed by atoms with Gasteiger partial charge < -0.3 is 19.7 Å². The molecule has 2 aliphatic rings. The first-order valence-corrected chi connectivity index (χ1v) is 9.85. The Labute approximate surface area is 157 Å². The predicted octanol–water partition coefficient (Wildman–Crippen LogP) is 3.30. The number of hydrogen-bond acceptors (Lipinski definition) is 5. The fourth-order valence-electron chi connectivity index (χ4n) is 4.34. The van der Waals surface area contributed by atoms with E-state index in [4.69, 9.17) is 9.47 Å². The number of benzene rings is 1. The molecule has 26 heavy (non-hydrogen) atoms. The van der Waals surface area contributed by atoms with E-state index >= 15 is 0 Å². The van der Waals surface area contributed by atoms with Gasteiger partial charge in [0.2, 0.25) is 0 Å². The Bertz CT molecular complexity index is 613. The summed E-state index contributed by atoms with van der Waals surface area (Å²) in [4.78, 5) is 14.5. The third-order valence-corrected chi connectivity index (χ3v) is 5.81. The number of nitrogens with zero attached hydrogens (tertiary/aromatic N) is 1. The minimum absolute atomic E-state index is 0.123. The maximum Gasteiger partial charge on any atom is 0.339 e. The highest BCUT2D eigenvalue weighted by Crippen LogP contribution is 2.28. The van der Waals surface area contributed by atoms with Gasteiger partial charge in [0, 0.05) is 32.3 Å². The molecular weight excluding hydrogens is 328 g/mol. The number of carbonyl (C=O) groups excluding carboxylic acids is 1. The fraction of sp³-hybridized carbons (Fsp3) is 0.667. The lowest BCUT2D eigenvalue weighted by Gasteiger charge is -2.41. The number of piperidine rings is 1. The van der Waals surface area contributed by atoms with Crippen LogP contribution in [0.2, 0.25) is 0 Å². The average Bonchev–Trinajstić information content (AvgIpc) is 2.68. The van der Waals surface area contributed by atoms with Gasteiger partial charge in [-0.15, -0.1) is 0 Å². The summed E-state index contributed by atoms with van der Waals surface area (Å²) in [7, 11) is 3.23. The van der Waals surface area contributed by atoms with E-state index in [9.17, 15) is 4.79 Å². The Morgan fingerprint density at radius 1 is 1.15 bits per heavy atom. The smallest absolute Gasteiger partial charge is 0.339 e. The largest absolute Gasteiger partial charge is 0.465 e. The molecule has 5 heteroatoms. The molecule has 1 aromatic carbocycles. The lowest BCUT2D eigenvalue weighted by molar-refractivity contribution is 0.0529. The van der Waals surface area contributed by atoms with E-state index in [0.29, 0.717) is 17.6 Å². The van der Waals surface area contributed by atoms with Crippen LogP contribution in [0.1, 0.15) is 54.4 Å². The molecule has 2 atom stereocenters. The molecule has 0 amide bonds. The molecule has 0 spiro atoms. The molecular formula is C21H32N2O3. The summed E-state index contributed by atoms with van der Waals surface area (Å²) in [6.07, 6.45) is 7.73. The number of methoxy groups -OCH3 is 2. The van der Waals surface area contributed by atoms with Crippen LogP contribution in [0.3, 0.4) is 0 Å². The van der Waals surface area contributed by atoms with Crippen molar-refractivity contribution in [2.75, 3.05) is 32.2 Å². The Kier molecular flexibility index (Phi) is 6.54. The average molecular weight is 360 g/mol. The zero-order valence-corrected chi connectivity index (χ0v) is 16.3. The van der Waals surface area contributed by atoms with Gasteiger partial charge in [0.15, 0.2) is 0 Å². The highest BCUT2D eigenvalue weighted by atomic mass is 16.5. The van der Waals surface area contributed by atoms with Crippen molar-refractivity contribution in [2.45, 2.75) is 63.6 Å². The molecule has 0 aromatic heterocycles. The monoisotopic (exact) mass is 360 g/mol. The van der Waals surface area contributed by atoms with Gasteiger partial charge >= 0.3 is 5.97 Å². The zero-order valence-electron chi connectivity index (χ0n) is 16.3. The minimum Gasteiger partial charge on any atom is -0.465 e. The maximum absolute atomic E-state index is 12.2. The Balaban J connectivity index is 1.71. The van der Waals surface area contributed by atoms with Crippen LogP contribution >= 0.6 is 0 Å². The van der Waals surface area contributed by atoms with Gasteiger partial charge in [0.1, 0.15) is 0 Å². The normalized spacial score (nSPS) is 24.5. The second-order valence-electron chi connectivity index (χ2n) is 7.63. The topological polar surface area (TPSA) is 50.8 Å². The van der Waals surface area contributed by atoms with E-state index < -0.39 is 0 Å². The van der Waals surface area contributed by atoms with Crippen LogP contribution in [0.5, 0.6) is 0 Å². The Hall–Kier alpha value is -1.59. The van der Waals surface area contributed by atoms with Crippen LogP contribution in [0.15, 0.2) is 18.2 Å².